The number of furan rings is 1. The second-order valence-corrected chi connectivity index (χ2v) is 3.78. The maximum atomic E-state index is 5.40. The fraction of sp³-hybridized carbons (Fsp3) is 0.636. The van der Waals surface area contributed by atoms with Gasteiger partial charge in [0.2, 0.25) is 0 Å². The van der Waals surface area contributed by atoms with E-state index in [0.29, 0.717) is 6.04 Å². The summed E-state index contributed by atoms with van der Waals surface area (Å²) in [4.78, 5) is 2.16. The highest BCUT2D eigenvalue weighted by Gasteiger charge is 2.13. The highest BCUT2D eigenvalue weighted by atomic mass is 16.3. The lowest BCUT2D eigenvalue weighted by Crippen LogP contribution is -2.31. The number of rotatable bonds is 6. The smallest absolute Gasteiger partial charge is 0.121 e. The highest BCUT2D eigenvalue weighted by molar-refractivity contribution is 5.04. The topological polar surface area (TPSA) is 28.4 Å². The largest absolute Gasteiger partial charge is 0.468 e. The van der Waals surface area contributed by atoms with E-state index in [9.17, 15) is 0 Å². The van der Waals surface area contributed by atoms with Gasteiger partial charge in [0, 0.05) is 6.54 Å². The van der Waals surface area contributed by atoms with Crippen LogP contribution in [0.5, 0.6) is 0 Å². The molecule has 1 N–H and O–H groups in total. The third-order valence-corrected chi connectivity index (χ3v) is 2.08. The Bertz CT molecular complexity index is 231. The zero-order valence-electron chi connectivity index (χ0n) is 9.29. The Labute approximate surface area is 86.1 Å². The molecule has 0 aromatic carbocycles. The Morgan fingerprint density at radius 2 is 2.29 bits per heavy atom. The van der Waals surface area contributed by atoms with Gasteiger partial charge in [-0.2, -0.15) is 0 Å². The van der Waals surface area contributed by atoms with E-state index in [0.717, 1.165) is 25.3 Å². The van der Waals surface area contributed by atoms with Crippen molar-refractivity contribution >= 4 is 0 Å². The van der Waals surface area contributed by atoms with E-state index in [1.165, 1.54) is 0 Å². The van der Waals surface area contributed by atoms with Crippen molar-refractivity contribution < 1.29 is 4.42 Å². The molecule has 0 bridgehead atoms. The van der Waals surface area contributed by atoms with Crippen LogP contribution in [-0.4, -0.2) is 32.1 Å². The summed E-state index contributed by atoms with van der Waals surface area (Å²) in [7, 11) is 4.15. The van der Waals surface area contributed by atoms with Crippen molar-refractivity contribution in [3.8, 4) is 0 Å². The summed E-state index contributed by atoms with van der Waals surface area (Å²) in [5.41, 5.74) is 0. The van der Waals surface area contributed by atoms with Gasteiger partial charge in [0.25, 0.3) is 0 Å². The van der Waals surface area contributed by atoms with Crippen molar-refractivity contribution in [2.24, 2.45) is 0 Å². The van der Waals surface area contributed by atoms with E-state index in [4.69, 9.17) is 4.42 Å². The molecule has 14 heavy (non-hydrogen) atoms. The van der Waals surface area contributed by atoms with Crippen LogP contribution in [0.25, 0.3) is 0 Å². The second-order valence-electron chi connectivity index (χ2n) is 3.78. The lowest BCUT2D eigenvalue weighted by molar-refractivity contribution is 0.309. The average Bonchev–Trinajstić information content (AvgIpc) is 2.64. The Balaban J connectivity index is 2.53. The summed E-state index contributed by atoms with van der Waals surface area (Å²) in [6.07, 6.45) is 2.87. The molecule has 0 saturated carbocycles. The molecule has 1 aromatic rings. The normalized spacial score (nSPS) is 13.4. The number of hydrogen-bond donors (Lipinski definition) is 1. The first-order chi connectivity index (χ1) is 6.74. The molecule has 0 radical (unpaired) electrons. The van der Waals surface area contributed by atoms with Crippen LogP contribution in [0.15, 0.2) is 22.8 Å². The van der Waals surface area contributed by atoms with Gasteiger partial charge in [-0.15, -0.1) is 0 Å². The summed E-state index contributed by atoms with van der Waals surface area (Å²) in [5, 5.41) is 3.47. The molecule has 0 saturated heterocycles. The number of likely N-dealkylation sites (N-methyl/N-ethyl adjacent to an activating group) is 1. The number of nitrogens with one attached hydrogen (secondary N) is 1. The van der Waals surface area contributed by atoms with E-state index in [1.54, 1.807) is 6.26 Å². The molecular formula is C11H20N2O. The van der Waals surface area contributed by atoms with E-state index < -0.39 is 0 Å². The van der Waals surface area contributed by atoms with Gasteiger partial charge in [0.1, 0.15) is 5.76 Å². The third-order valence-electron chi connectivity index (χ3n) is 2.08. The first-order valence-electron chi connectivity index (χ1n) is 5.15. The van der Waals surface area contributed by atoms with Crippen molar-refractivity contribution in [2.45, 2.75) is 19.4 Å². The molecule has 0 spiro atoms. The predicted molar refractivity (Wildman–Crippen MR) is 58.3 cm³/mol. The maximum Gasteiger partial charge on any atom is 0.121 e. The van der Waals surface area contributed by atoms with Crippen LogP contribution < -0.4 is 5.32 Å². The van der Waals surface area contributed by atoms with Crippen LogP contribution in [0.1, 0.15) is 25.1 Å². The molecule has 3 nitrogen and oxygen atoms in total. The fourth-order valence-electron chi connectivity index (χ4n) is 1.43. The van der Waals surface area contributed by atoms with Gasteiger partial charge in [0.15, 0.2) is 0 Å². The van der Waals surface area contributed by atoms with E-state index >= 15 is 0 Å². The van der Waals surface area contributed by atoms with Crippen molar-refractivity contribution in [2.75, 3.05) is 27.2 Å². The molecule has 0 fully saturated rings. The quantitative estimate of drug-likeness (QED) is 0.753. The van der Waals surface area contributed by atoms with E-state index in [1.807, 2.05) is 12.1 Å². The van der Waals surface area contributed by atoms with Gasteiger partial charge >= 0.3 is 0 Å². The molecule has 0 aliphatic heterocycles. The minimum absolute atomic E-state index is 0.306. The summed E-state index contributed by atoms with van der Waals surface area (Å²) in [6.45, 7) is 4.16. The average molecular weight is 196 g/mol. The van der Waals surface area contributed by atoms with Gasteiger partial charge < -0.3 is 14.6 Å². The van der Waals surface area contributed by atoms with Crippen molar-refractivity contribution in [3.63, 3.8) is 0 Å². The Morgan fingerprint density at radius 3 is 2.79 bits per heavy atom. The molecule has 80 valence electrons. The Hall–Kier alpha value is -0.800. The van der Waals surface area contributed by atoms with Crippen LogP contribution >= 0.6 is 0 Å². The number of hydrogen-bond acceptors (Lipinski definition) is 3. The summed E-state index contributed by atoms with van der Waals surface area (Å²) in [6, 6.07) is 4.27. The van der Waals surface area contributed by atoms with Gasteiger partial charge in [0.05, 0.1) is 12.3 Å². The molecule has 1 aromatic heterocycles. The molecule has 3 heteroatoms. The first-order valence-corrected chi connectivity index (χ1v) is 5.15. The molecule has 1 unspecified atom stereocenters. The third kappa shape index (κ3) is 3.52. The fourth-order valence-corrected chi connectivity index (χ4v) is 1.43. The van der Waals surface area contributed by atoms with Gasteiger partial charge in [-0.3, -0.25) is 0 Å². The van der Waals surface area contributed by atoms with Crippen LogP contribution in [0.4, 0.5) is 0 Å². The van der Waals surface area contributed by atoms with Crippen LogP contribution in [0.2, 0.25) is 0 Å². The van der Waals surface area contributed by atoms with Crippen LogP contribution in [-0.2, 0) is 0 Å². The molecule has 1 rings (SSSR count). The predicted octanol–water partition coefficient (Wildman–Crippen LogP) is 1.88. The van der Waals surface area contributed by atoms with E-state index in [-0.39, 0.29) is 0 Å². The minimum atomic E-state index is 0.306. The van der Waals surface area contributed by atoms with Crippen LogP contribution in [0.3, 0.4) is 0 Å². The molecule has 1 atom stereocenters. The minimum Gasteiger partial charge on any atom is -0.468 e. The lowest BCUT2D eigenvalue weighted by Gasteiger charge is -2.20. The monoisotopic (exact) mass is 196 g/mol. The number of nitrogens with zero attached hydrogens (tertiary/aromatic N) is 1. The molecule has 0 aliphatic carbocycles. The second kappa shape index (κ2) is 5.83. The van der Waals surface area contributed by atoms with Gasteiger partial charge in [-0.1, -0.05) is 6.92 Å². The van der Waals surface area contributed by atoms with Gasteiger partial charge in [-0.05, 0) is 39.2 Å². The highest BCUT2D eigenvalue weighted by Crippen LogP contribution is 2.13. The zero-order valence-corrected chi connectivity index (χ0v) is 9.29. The summed E-state index contributed by atoms with van der Waals surface area (Å²) < 4.78 is 5.40. The molecule has 0 amide bonds. The Morgan fingerprint density at radius 1 is 1.50 bits per heavy atom. The van der Waals surface area contributed by atoms with Crippen LogP contribution in [0, 0.1) is 0 Å². The maximum absolute atomic E-state index is 5.40. The van der Waals surface area contributed by atoms with E-state index in [2.05, 4.69) is 31.2 Å². The molecule has 0 aliphatic rings. The Kier molecular flexibility index (Phi) is 4.70. The summed E-state index contributed by atoms with van der Waals surface area (Å²) in [5.74, 6) is 1.02. The zero-order chi connectivity index (χ0) is 10.4. The first kappa shape index (κ1) is 11.3. The SMILES string of the molecule is CCCNC(CN(C)C)c1ccco1. The van der Waals surface area contributed by atoms with Crippen molar-refractivity contribution in [1.29, 1.82) is 0 Å². The lowest BCUT2D eigenvalue weighted by atomic mass is 10.2. The van der Waals surface area contributed by atoms with Crippen molar-refractivity contribution in [3.05, 3.63) is 24.2 Å². The standard InChI is InChI=1S/C11H20N2O/c1-4-7-12-10(9-13(2)3)11-6-5-8-14-11/h5-6,8,10,12H,4,7,9H2,1-3H3. The van der Waals surface area contributed by atoms with Gasteiger partial charge in [-0.25, -0.2) is 0 Å². The molecule has 1 heterocycles. The van der Waals surface area contributed by atoms with Crippen molar-refractivity contribution in [1.82, 2.24) is 10.2 Å². The molecular weight excluding hydrogens is 176 g/mol. The summed E-state index contributed by atoms with van der Waals surface area (Å²) >= 11 is 0.